The molecule has 1 atom stereocenters. The van der Waals surface area contributed by atoms with Gasteiger partial charge in [-0.15, -0.1) is 23.1 Å². The van der Waals surface area contributed by atoms with Crippen molar-refractivity contribution in [2.45, 2.75) is 37.0 Å². The SMILES string of the molecule is CSc1ccc(N2CC(C(=O)Nc3nc4c(s3)CCCC4)CC2=O)cc1. The Bertz CT molecular complexity index is 808. The first kappa shape index (κ1) is 17.5. The van der Waals surface area contributed by atoms with Crippen molar-refractivity contribution in [3.8, 4) is 0 Å². The summed E-state index contributed by atoms with van der Waals surface area (Å²) in [6, 6.07) is 7.89. The Morgan fingerprint density at radius 2 is 2.04 bits per heavy atom. The second-order valence-corrected chi connectivity index (χ2v) is 8.65. The number of amides is 2. The predicted octanol–water partition coefficient (Wildman–Crippen LogP) is 3.74. The molecule has 4 rings (SSSR count). The Hall–Kier alpha value is -1.86. The minimum atomic E-state index is -0.330. The van der Waals surface area contributed by atoms with Gasteiger partial charge in [0.2, 0.25) is 11.8 Å². The fourth-order valence-corrected chi connectivity index (χ4v) is 4.97. The molecule has 5 nitrogen and oxygen atoms in total. The molecular formula is C19H21N3O2S2. The normalized spacial score (nSPS) is 19.5. The first-order chi connectivity index (χ1) is 12.6. The summed E-state index contributed by atoms with van der Waals surface area (Å²) in [5, 5.41) is 3.62. The minimum absolute atomic E-state index is 0.000449. The van der Waals surface area contributed by atoms with Gasteiger partial charge in [0.1, 0.15) is 0 Å². The third-order valence-corrected chi connectivity index (χ3v) is 6.77. The largest absolute Gasteiger partial charge is 0.312 e. The van der Waals surface area contributed by atoms with Crippen LogP contribution in [-0.2, 0) is 22.4 Å². The topological polar surface area (TPSA) is 62.3 Å². The van der Waals surface area contributed by atoms with Gasteiger partial charge in [-0.25, -0.2) is 4.98 Å². The second kappa shape index (κ2) is 7.40. The zero-order chi connectivity index (χ0) is 18.1. The van der Waals surface area contributed by atoms with Crippen LogP contribution in [0.2, 0.25) is 0 Å². The summed E-state index contributed by atoms with van der Waals surface area (Å²) < 4.78 is 0. The molecule has 2 aromatic rings. The Morgan fingerprint density at radius 3 is 2.77 bits per heavy atom. The van der Waals surface area contributed by atoms with E-state index in [1.807, 2.05) is 30.5 Å². The van der Waals surface area contributed by atoms with Gasteiger partial charge in [0.25, 0.3) is 0 Å². The highest BCUT2D eigenvalue weighted by Gasteiger charge is 2.35. The number of thioether (sulfide) groups is 1. The summed E-state index contributed by atoms with van der Waals surface area (Å²) in [6.45, 7) is 0.425. The summed E-state index contributed by atoms with van der Waals surface area (Å²) in [4.78, 5) is 33.7. The fraction of sp³-hybridized carbons (Fsp3) is 0.421. The quantitative estimate of drug-likeness (QED) is 0.812. The molecule has 0 radical (unpaired) electrons. The first-order valence-electron chi connectivity index (χ1n) is 8.88. The molecule has 7 heteroatoms. The van der Waals surface area contributed by atoms with Crippen molar-refractivity contribution >= 4 is 45.7 Å². The highest BCUT2D eigenvalue weighted by Crippen LogP contribution is 2.31. The van der Waals surface area contributed by atoms with E-state index < -0.39 is 0 Å². The number of benzene rings is 1. The molecule has 0 saturated carbocycles. The number of rotatable bonds is 4. The predicted molar refractivity (Wildman–Crippen MR) is 106 cm³/mol. The Balaban J connectivity index is 1.42. The van der Waals surface area contributed by atoms with Crippen LogP contribution in [0.3, 0.4) is 0 Å². The molecule has 1 saturated heterocycles. The second-order valence-electron chi connectivity index (χ2n) is 6.69. The molecule has 1 aromatic carbocycles. The molecule has 1 fully saturated rings. The number of aryl methyl sites for hydroxylation is 2. The lowest BCUT2D eigenvalue weighted by atomic mass is 10.0. The van der Waals surface area contributed by atoms with Crippen molar-refractivity contribution in [1.29, 1.82) is 0 Å². The highest BCUT2D eigenvalue weighted by atomic mass is 32.2. The minimum Gasteiger partial charge on any atom is -0.312 e. The van der Waals surface area contributed by atoms with Crippen molar-refractivity contribution < 1.29 is 9.59 Å². The van der Waals surface area contributed by atoms with Gasteiger partial charge in [-0.1, -0.05) is 0 Å². The number of nitrogens with zero attached hydrogens (tertiary/aromatic N) is 2. The number of aromatic nitrogens is 1. The van der Waals surface area contributed by atoms with Crippen LogP contribution < -0.4 is 10.2 Å². The average Bonchev–Trinajstić information content (AvgIpc) is 3.24. The summed E-state index contributed by atoms with van der Waals surface area (Å²) in [5.74, 6) is -0.433. The van der Waals surface area contributed by atoms with Crippen LogP contribution in [0, 0.1) is 5.92 Å². The molecule has 1 unspecified atom stereocenters. The Kier molecular flexibility index (Phi) is 5.00. The number of hydrogen-bond acceptors (Lipinski definition) is 5. The van der Waals surface area contributed by atoms with Crippen LogP contribution >= 0.6 is 23.1 Å². The molecule has 26 heavy (non-hydrogen) atoms. The van der Waals surface area contributed by atoms with E-state index in [1.54, 1.807) is 28.0 Å². The molecule has 1 aliphatic heterocycles. The van der Waals surface area contributed by atoms with Gasteiger partial charge in [0.15, 0.2) is 5.13 Å². The fourth-order valence-electron chi connectivity index (χ4n) is 3.51. The first-order valence-corrected chi connectivity index (χ1v) is 10.9. The van der Waals surface area contributed by atoms with Crippen LogP contribution in [0.1, 0.15) is 29.8 Å². The molecule has 2 aliphatic rings. The van der Waals surface area contributed by atoms with Crippen molar-refractivity contribution in [2.75, 3.05) is 23.0 Å². The number of thiazole rings is 1. The zero-order valence-corrected chi connectivity index (χ0v) is 16.3. The van der Waals surface area contributed by atoms with Crippen molar-refractivity contribution in [3.05, 3.63) is 34.8 Å². The average molecular weight is 388 g/mol. The van der Waals surface area contributed by atoms with Gasteiger partial charge < -0.3 is 10.2 Å². The van der Waals surface area contributed by atoms with Gasteiger partial charge in [0.05, 0.1) is 11.6 Å². The molecule has 136 valence electrons. The molecule has 1 aromatic heterocycles. The van der Waals surface area contributed by atoms with E-state index in [4.69, 9.17) is 0 Å². The third kappa shape index (κ3) is 3.50. The lowest BCUT2D eigenvalue weighted by Gasteiger charge is -2.16. The van der Waals surface area contributed by atoms with Crippen LogP contribution in [-0.4, -0.2) is 29.6 Å². The number of carbonyl (C=O) groups excluding carboxylic acids is 2. The van der Waals surface area contributed by atoms with Gasteiger partial charge in [-0.3, -0.25) is 9.59 Å². The molecule has 0 bridgehead atoms. The number of carbonyl (C=O) groups is 2. The maximum Gasteiger partial charge on any atom is 0.231 e. The maximum absolute atomic E-state index is 12.6. The van der Waals surface area contributed by atoms with E-state index >= 15 is 0 Å². The summed E-state index contributed by atoms with van der Waals surface area (Å²) in [5.41, 5.74) is 1.99. The van der Waals surface area contributed by atoms with Crippen LogP contribution in [0.25, 0.3) is 0 Å². The monoisotopic (exact) mass is 387 g/mol. The van der Waals surface area contributed by atoms with Gasteiger partial charge in [-0.05, 0) is 56.2 Å². The standard InChI is InChI=1S/C19H21N3O2S2/c1-25-14-8-6-13(7-9-14)22-11-12(10-17(22)23)18(24)21-19-20-15-4-2-3-5-16(15)26-19/h6-9,12H,2-5,10-11H2,1H3,(H,20,21,24). The van der Waals surface area contributed by atoms with Crippen molar-refractivity contribution in [1.82, 2.24) is 4.98 Å². The molecule has 1 aliphatic carbocycles. The molecular weight excluding hydrogens is 366 g/mol. The van der Waals surface area contributed by atoms with Crippen molar-refractivity contribution in [3.63, 3.8) is 0 Å². The van der Waals surface area contributed by atoms with Gasteiger partial charge in [0, 0.05) is 28.4 Å². The van der Waals surface area contributed by atoms with E-state index in [9.17, 15) is 9.59 Å². The van der Waals surface area contributed by atoms with E-state index in [2.05, 4.69) is 10.3 Å². The van der Waals surface area contributed by atoms with E-state index in [-0.39, 0.29) is 24.2 Å². The maximum atomic E-state index is 12.6. The molecule has 0 spiro atoms. The van der Waals surface area contributed by atoms with Crippen LogP contribution in [0.5, 0.6) is 0 Å². The smallest absolute Gasteiger partial charge is 0.231 e. The van der Waals surface area contributed by atoms with Crippen molar-refractivity contribution in [2.24, 2.45) is 5.92 Å². The summed E-state index contributed by atoms with van der Waals surface area (Å²) in [7, 11) is 0. The van der Waals surface area contributed by atoms with Crippen LogP contribution in [0.15, 0.2) is 29.2 Å². The summed E-state index contributed by atoms with van der Waals surface area (Å²) >= 11 is 3.25. The number of anilines is 2. The number of hydrogen-bond donors (Lipinski definition) is 1. The number of fused-ring (bicyclic) bond motifs is 1. The van der Waals surface area contributed by atoms with Gasteiger partial charge in [-0.2, -0.15) is 0 Å². The Morgan fingerprint density at radius 1 is 1.27 bits per heavy atom. The molecule has 1 N–H and O–H groups in total. The Labute approximate surface area is 161 Å². The van der Waals surface area contributed by atoms with E-state index in [0.29, 0.717) is 11.7 Å². The van der Waals surface area contributed by atoms with E-state index in [1.165, 1.54) is 17.7 Å². The zero-order valence-electron chi connectivity index (χ0n) is 14.7. The van der Waals surface area contributed by atoms with Gasteiger partial charge >= 0.3 is 0 Å². The van der Waals surface area contributed by atoms with E-state index in [0.717, 1.165) is 29.1 Å². The lowest BCUT2D eigenvalue weighted by molar-refractivity contribution is -0.122. The molecule has 2 amide bonds. The molecule has 2 heterocycles. The highest BCUT2D eigenvalue weighted by molar-refractivity contribution is 7.98. The lowest BCUT2D eigenvalue weighted by Crippen LogP contribution is -2.28. The summed E-state index contributed by atoms with van der Waals surface area (Å²) in [6.07, 6.45) is 6.71. The number of nitrogens with one attached hydrogen (secondary N) is 1. The van der Waals surface area contributed by atoms with Crippen LogP contribution in [0.4, 0.5) is 10.8 Å². The third-order valence-electron chi connectivity index (χ3n) is 4.96.